The highest BCUT2D eigenvalue weighted by atomic mass is 15.1. The van der Waals surface area contributed by atoms with E-state index in [9.17, 15) is 0 Å². The molecule has 23 rings (SSSR count). The van der Waals surface area contributed by atoms with Gasteiger partial charge in [-0.3, -0.25) is 0 Å². The molecule has 490 valence electrons. The average Bonchev–Trinajstić information content (AvgIpc) is 1.49. The molecule has 2 unspecified atom stereocenters. The Kier molecular flexibility index (Phi) is 12.3. The van der Waals surface area contributed by atoms with Crippen molar-refractivity contribution in [1.29, 1.82) is 0 Å². The van der Waals surface area contributed by atoms with Gasteiger partial charge >= 0.3 is 0 Å². The lowest BCUT2D eigenvalue weighted by molar-refractivity contribution is 0.748. The quantitative estimate of drug-likeness (QED) is 0.151. The van der Waals surface area contributed by atoms with Crippen LogP contribution in [0.2, 0.25) is 0 Å². The van der Waals surface area contributed by atoms with E-state index in [1.54, 1.807) is 0 Å². The summed E-state index contributed by atoms with van der Waals surface area (Å²) >= 11 is 0. The van der Waals surface area contributed by atoms with E-state index in [0.29, 0.717) is 34.9 Å². The molecule has 2 spiro atoms. The predicted octanol–water partition coefficient (Wildman–Crippen LogP) is 22.9. The molecule has 106 heavy (non-hydrogen) atoms. The number of nitrogens with zero attached hydrogens (tertiary/aromatic N) is 8. The molecule has 6 heterocycles. The Bertz CT molecular complexity index is 6940. The van der Waals surface area contributed by atoms with E-state index in [0.717, 1.165) is 77.6 Å². The summed E-state index contributed by atoms with van der Waals surface area (Å²) < 4.78 is 4.99. The Balaban J connectivity index is 0.657. The molecule has 0 saturated carbocycles. The maximum Gasteiger partial charge on any atom is 0.164 e. The molecule has 0 radical (unpaired) electrons. The highest BCUT2D eigenvalue weighted by molar-refractivity contribution is 6.15. The van der Waals surface area contributed by atoms with Crippen molar-refractivity contribution in [2.45, 2.75) is 10.8 Å². The van der Waals surface area contributed by atoms with E-state index in [2.05, 4.69) is 319 Å². The van der Waals surface area contributed by atoms with Gasteiger partial charge in [-0.2, -0.15) is 0 Å². The van der Waals surface area contributed by atoms with Crippen molar-refractivity contribution in [3.63, 3.8) is 0 Å². The standard InChI is InChI=1S/C98H58N8/c1-4-23-59(24-5-1)60-43-47-64(48-44-60)94-100-92(63-27-8-3-9-28-63)103-96(104-94)68-57-76-72-32-13-19-40-86(72)106-88-42-21-17-37-82(88)98(84(58-68)90(76)106)78-35-15-11-29-69(78)74-55-66(51-53-80(74)98)61-45-49-65(50-46-61)93-99-91(62-25-6-2-7-26-62)101-95(102-93)67-52-54-79-75(56-67)70-30-10-14-34-77(70)97(79)81-36-16-20-41-87(81)105-85-39-18-12-31-71(85)73-33-22-38-83(97)89(73)105/h1-58H. The van der Waals surface area contributed by atoms with Crippen LogP contribution in [0.5, 0.6) is 0 Å². The minimum absolute atomic E-state index is 0.576. The molecule has 2 aliphatic heterocycles. The fraction of sp³-hybridized carbons (Fsp3) is 0.0204. The van der Waals surface area contributed by atoms with Crippen molar-refractivity contribution in [3.8, 4) is 124 Å². The lowest BCUT2D eigenvalue weighted by Gasteiger charge is -2.39. The molecule has 19 aromatic rings. The minimum Gasteiger partial charge on any atom is -0.309 e. The van der Waals surface area contributed by atoms with Crippen LogP contribution in [0.1, 0.15) is 44.5 Å². The third-order valence-corrected chi connectivity index (χ3v) is 23.0. The van der Waals surface area contributed by atoms with Crippen LogP contribution in [-0.2, 0) is 10.8 Å². The summed E-state index contributed by atoms with van der Waals surface area (Å²) in [5.41, 5.74) is 30.4. The van der Waals surface area contributed by atoms with Gasteiger partial charge < -0.3 is 9.13 Å². The molecule has 0 fully saturated rings. The van der Waals surface area contributed by atoms with E-state index in [4.69, 9.17) is 29.9 Å². The number of fused-ring (bicyclic) bond motifs is 24. The van der Waals surface area contributed by atoms with Gasteiger partial charge in [-0.15, -0.1) is 0 Å². The first kappa shape index (κ1) is 58.6. The molecule has 0 N–H and O–H groups in total. The molecule has 8 heteroatoms. The Morgan fingerprint density at radius 2 is 0.509 bits per heavy atom. The molecule has 0 amide bonds. The number of benzene rings is 15. The summed E-state index contributed by atoms with van der Waals surface area (Å²) in [6, 6.07) is 128. The van der Waals surface area contributed by atoms with Crippen LogP contribution in [0, 0.1) is 0 Å². The Labute approximate surface area is 610 Å². The van der Waals surface area contributed by atoms with Crippen molar-refractivity contribution in [2.75, 3.05) is 0 Å². The fourth-order valence-electron chi connectivity index (χ4n) is 18.6. The van der Waals surface area contributed by atoms with Crippen LogP contribution < -0.4 is 0 Å². The second-order valence-corrected chi connectivity index (χ2v) is 28.3. The lowest BCUT2D eigenvalue weighted by Crippen LogP contribution is -2.33. The molecular weight excluding hydrogens is 1290 g/mol. The van der Waals surface area contributed by atoms with Gasteiger partial charge in [0.15, 0.2) is 34.9 Å². The monoisotopic (exact) mass is 1350 g/mol. The molecule has 2 aliphatic carbocycles. The van der Waals surface area contributed by atoms with Crippen LogP contribution >= 0.6 is 0 Å². The summed E-state index contributed by atoms with van der Waals surface area (Å²) in [6.45, 7) is 0. The van der Waals surface area contributed by atoms with Gasteiger partial charge in [0.05, 0.1) is 44.3 Å². The minimum atomic E-state index is -0.746. The van der Waals surface area contributed by atoms with Gasteiger partial charge in [0.1, 0.15) is 0 Å². The lowest BCUT2D eigenvalue weighted by atomic mass is 9.65. The summed E-state index contributed by atoms with van der Waals surface area (Å²) in [6.07, 6.45) is 0. The third-order valence-electron chi connectivity index (χ3n) is 23.0. The highest BCUT2D eigenvalue weighted by Gasteiger charge is 2.53. The fourth-order valence-corrected chi connectivity index (χ4v) is 18.6. The Morgan fingerprint density at radius 3 is 1.05 bits per heavy atom. The van der Waals surface area contributed by atoms with Crippen molar-refractivity contribution in [1.82, 2.24) is 39.0 Å². The van der Waals surface area contributed by atoms with Gasteiger partial charge in [-0.05, 0) is 138 Å². The van der Waals surface area contributed by atoms with Crippen LogP contribution in [0.3, 0.4) is 0 Å². The van der Waals surface area contributed by atoms with Crippen LogP contribution in [-0.4, -0.2) is 39.0 Å². The average molecular weight is 1350 g/mol. The summed E-state index contributed by atoms with van der Waals surface area (Å²) in [7, 11) is 0. The first-order chi connectivity index (χ1) is 52.5. The second-order valence-electron chi connectivity index (χ2n) is 28.3. The molecular formula is C98H58N8. The van der Waals surface area contributed by atoms with Crippen molar-refractivity contribution in [3.05, 3.63) is 396 Å². The Morgan fingerprint density at radius 1 is 0.179 bits per heavy atom. The van der Waals surface area contributed by atoms with Crippen LogP contribution in [0.15, 0.2) is 352 Å². The zero-order valence-corrected chi connectivity index (χ0v) is 57.1. The van der Waals surface area contributed by atoms with E-state index in [1.807, 2.05) is 42.5 Å². The molecule has 8 nitrogen and oxygen atoms in total. The smallest absolute Gasteiger partial charge is 0.164 e. The number of para-hydroxylation sites is 5. The van der Waals surface area contributed by atoms with Gasteiger partial charge in [0, 0.05) is 54.9 Å². The maximum atomic E-state index is 5.46. The topological polar surface area (TPSA) is 87.2 Å². The SMILES string of the molecule is c1ccc(-c2ccc(-c3nc(-c4ccccc4)nc(-c4cc5c6c(c4)c4ccccc4n6-c4ccccc4C54c5ccccc5-c5cc(-c6ccc(-c7nc(-c8ccccc8)nc(-c8ccc9c(c8)-c8ccccc8C98c9ccccc9-n9c%10ccccc%10c%10cccc8c%109)n7)cc6)ccc54)n3)cc2)cc1. The molecule has 4 aliphatic rings. The zero-order valence-electron chi connectivity index (χ0n) is 57.1. The normalized spacial score (nSPS) is 15.2. The van der Waals surface area contributed by atoms with Crippen molar-refractivity contribution < 1.29 is 0 Å². The number of aromatic nitrogens is 8. The van der Waals surface area contributed by atoms with E-state index < -0.39 is 10.8 Å². The van der Waals surface area contributed by atoms with Gasteiger partial charge in [-0.25, -0.2) is 29.9 Å². The van der Waals surface area contributed by atoms with Gasteiger partial charge in [0.2, 0.25) is 0 Å². The molecule has 15 aromatic carbocycles. The maximum absolute atomic E-state index is 5.46. The van der Waals surface area contributed by atoms with Gasteiger partial charge in [0.25, 0.3) is 0 Å². The largest absolute Gasteiger partial charge is 0.309 e. The first-order valence-electron chi connectivity index (χ1n) is 36.2. The zero-order chi connectivity index (χ0) is 69.3. The van der Waals surface area contributed by atoms with Crippen molar-refractivity contribution >= 4 is 43.6 Å². The number of rotatable bonds is 8. The molecule has 0 bridgehead atoms. The van der Waals surface area contributed by atoms with Crippen molar-refractivity contribution in [2.24, 2.45) is 0 Å². The summed E-state index contributed by atoms with van der Waals surface area (Å²) in [4.78, 5) is 32.1. The number of hydrogen-bond donors (Lipinski definition) is 0. The molecule has 0 saturated heterocycles. The third kappa shape index (κ3) is 8.12. The number of hydrogen-bond acceptors (Lipinski definition) is 6. The molecule has 2 atom stereocenters. The predicted molar refractivity (Wildman–Crippen MR) is 427 cm³/mol. The highest BCUT2D eigenvalue weighted by Crippen LogP contribution is 2.64. The van der Waals surface area contributed by atoms with E-state index in [1.165, 1.54) is 99.8 Å². The summed E-state index contributed by atoms with van der Waals surface area (Å²) in [5, 5.41) is 4.81. The summed E-state index contributed by atoms with van der Waals surface area (Å²) in [5.74, 6) is 3.65. The van der Waals surface area contributed by atoms with Crippen LogP contribution in [0.25, 0.3) is 168 Å². The van der Waals surface area contributed by atoms with Gasteiger partial charge in [-0.1, -0.05) is 303 Å². The Hall–Kier alpha value is -14.1. The second kappa shape index (κ2) is 22.2. The first-order valence-corrected chi connectivity index (χ1v) is 36.2. The molecule has 4 aromatic heterocycles. The van der Waals surface area contributed by atoms with Crippen LogP contribution in [0.4, 0.5) is 0 Å². The van der Waals surface area contributed by atoms with E-state index >= 15 is 0 Å². The van der Waals surface area contributed by atoms with E-state index in [-0.39, 0.29) is 0 Å².